The average molecular weight is 400 g/mol. The van der Waals surface area contributed by atoms with Crippen molar-refractivity contribution in [1.82, 2.24) is 4.31 Å². The molecule has 1 aromatic heterocycles. The quantitative estimate of drug-likeness (QED) is 0.858. The van der Waals surface area contributed by atoms with E-state index in [1.54, 1.807) is 17.4 Å². The molecule has 3 heterocycles. The van der Waals surface area contributed by atoms with Crippen LogP contribution < -0.4 is 4.74 Å². The molecular weight excluding hydrogens is 382 g/mol. The van der Waals surface area contributed by atoms with E-state index >= 15 is 0 Å². The summed E-state index contributed by atoms with van der Waals surface area (Å²) in [5.41, 5.74) is 1.91. The Hall–Kier alpha value is -1.12. The first-order chi connectivity index (χ1) is 12.0. The molecule has 2 aliphatic heterocycles. The van der Waals surface area contributed by atoms with Gasteiger partial charge in [0.15, 0.2) is 0 Å². The molecule has 0 bridgehead atoms. The number of ether oxygens (including phenoxy) is 1. The largest absolute Gasteiger partial charge is 0.492 e. The number of aliphatic hydroxyl groups excluding tert-OH is 1. The molecule has 0 radical (unpaired) electrons. The first kappa shape index (κ1) is 17.3. The van der Waals surface area contributed by atoms with Crippen LogP contribution in [0, 0.1) is 5.92 Å². The highest BCUT2D eigenvalue weighted by Crippen LogP contribution is 2.41. The van der Waals surface area contributed by atoms with Crippen molar-refractivity contribution in [1.29, 1.82) is 0 Å². The van der Waals surface area contributed by atoms with Crippen molar-refractivity contribution in [2.75, 3.05) is 26.3 Å². The average Bonchev–Trinajstić information content (AvgIpc) is 3.32. The van der Waals surface area contributed by atoms with E-state index in [0.29, 0.717) is 36.9 Å². The smallest absolute Gasteiger partial charge is 0.246 e. The van der Waals surface area contributed by atoms with Crippen LogP contribution in [0.15, 0.2) is 33.9 Å². The molecule has 0 spiro atoms. The van der Waals surface area contributed by atoms with E-state index in [9.17, 15) is 13.5 Å². The van der Waals surface area contributed by atoms with Gasteiger partial charge in [-0.05, 0) is 34.5 Å². The molecule has 2 aliphatic rings. The lowest BCUT2D eigenvalue weighted by Crippen LogP contribution is -2.29. The molecule has 1 N–H and O–H groups in total. The van der Waals surface area contributed by atoms with E-state index in [2.05, 4.69) is 0 Å². The summed E-state index contributed by atoms with van der Waals surface area (Å²) >= 11 is 7.71. The van der Waals surface area contributed by atoms with Gasteiger partial charge in [-0.3, -0.25) is 0 Å². The summed E-state index contributed by atoms with van der Waals surface area (Å²) < 4.78 is 33.5. The fourth-order valence-electron chi connectivity index (χ4n) is 3.64. The molecule has 1 fully saturated rings. The van der Waals surface area contributed by atoms with Gasteiger partial charge in [-0.1, -0.05) is 11.6 Å². The van der Waals surface area contributed by atoms with Crippen LogP contribution in [0.25, 0.3) is 0 Å². The Labute approximate surface area is 155 Å². The van der Waals surface area contributed by atoms with Crippen molar-refractivity contribution in [2.45, 2.75) is 17.2 Å². The molecular formula is C17H18ClNO4S2. The van der Waals surface area contributed by atoms with Crippen molar-refractivity contribution < 1.29 is 18.3 Å². The van der Waals surface area contributed by atoms with Crippen molar-refractivity contribution in [3.8, 4) is 5.75 Å². The Balaban J connectivity index is 1.70. The molecule has 0 aliphatic carbocycles. The van der Waals surface area contributed by atoms with Crippen LogP contribution in [0.1, 0.15) is 17.0 Å². The molecule has 1 saturated heterocycles. The number of hydrogen-bond donors (Lipinski definition) is 1. The van der Waals surface area contributed by atoms with Gasteiger partial charge in [-0.15, -0.1) is 0 Å². The number of thiophene rings is 1. The van der Waals surface area contributed by atoms with Crippen LogP contribution in [0.4, 0.5) is 0 Å². The molecule has 0 unspecified atom stereocenters. The minimum absolute atomic E-state index is 0.000763. The van der Waals surface area contributed by atoms with E-state index < -0.39 is 10.0 Å². The van der Waals surface area contributed by atoms with Crippen molar-refractivity contribution in [2.24, 2.45) is 5.92 Å². The number of halogens is 1. The Morgan fingerprint density at radius 2 is 2.20 bits per heavy atom. The lowest BCUT2D eigenvalue weighted by molar-refractivity contribution is 0.223. The molecule has 25 heavy (non-hydrogen) atoms. The highest BCUT2D eigenvalue weighted by atomic mass is 35.5. The minimum atomic E-state index is -3.74. The van der Waals surface area contributed by atoms with Crippen LogP contribution in [0.2, 0.25) is 5.02 Å². The summed E-state index contributed by atoms with van der Waals surface area (Å²) in [4.78, 5) is 0.134. The molecule has 2 atom stereocenters. The Kier molecular flexibility index (Phi) is 4.54. The van der Waals surface area contributed by atoms with Crippen molar-refractivity contribution in [3.63, 3.8) is 0 Å². The maximum atomic E-state index is 13.2. The lowest BCUT2D eigenvalue weighted by Gasteiger charge is -2.18. The monoisotopic (exact) mass is 399 g/mol. The molecule has 0 saturated carbocycles. The molecule has 2 aromatic rings. The van der Waals surface area contributed by atoms with Crippen LogP contribution in [-0.2, 0) is 16.4 Å². The van der Waals surface area contributed by atoms with E-state index in [1.807, 2.05) is 16.8 Å². The standard InChI is InChI=1S/C17H18ClNO4S2/c18-14-5-11-1-3-23-17(11)16(6-14)25(21,22)19-7-13(9-20)15(8-19)12-2-4-24-10-12/h2,4-6,10,13,15,20H,1,3,7-9H2/t13-,15-/m1/s1. The second kappa shape index (κ2) is 6.55. The SMILES string of the molecule is O=S(=O)(c1cc(Cl)cc2c1OCC2)N1C[C@H](CO)[C@@H](c2ccsc2)C1. The summed E-state index contributed by atoms with van der Waals surface area (Å²) in [6.07, 6.45) is 0.662. The van der Waals surface area contributed by atoms with Crippen LogP contribution >= 0.6 is 22.9 Å². The highest BCUT2D eigenvalue weighted by Gasteiger charge is 2.41. The van der Waals surface area contributed by atoms with E-state index in [4.69, 9.17) is 16.3 Å². The fourth-order valence-corrected chi connectivity index (χ4v) is 6.40. The van der Waals surface area contributed by atoms with Crippen molar-refractivity contribution >= 4 is 33.0 Å². The van der Waals surface area contributed by atoms with E-state index in [0.717, 1.165) is 11.1 Å². The summed E-state index contributed by atoms with van der Waals surface area (Å²) in [6.45, 7) is 1.07. The summed E-state index contributed by atoms with van der Waals surface area (Å²) in [5.74, 6) is 0.306. The second-order valence-electron chi connectivity index (χ2n) is 6.42. The van der Waals surface area contributed by atoms with E-state index in [-0.39, 0.29) is 23.3 Å². The molecule has 5 nitrogen and oxygen atoms in total. The number of benzene rings is 1. The van der Waals surface area contributed by atoms with Crippen molar-refractivity contribution in [3.05, 3.63) is 45.1 Å². The number of sulfonamides is 1. The minimum Gasteiger partial charge on any atom is -0.492 e. The number of hydrogen-bond acceptors (Lipinski definition) is 5. The Morgan fingerprint density at radius 1 is 1.36 bits per heavy atom. The Morgan fingerprint density at radius 3 is 2.92 bits per heavy atom. The summed E-state index contributed by atoms with van der Waals surface area (Å²) in [5, 5.41) is 14.1. The first-order valence-electron chi connectivity index (χ1n) is 8.09. The van der Waals surface area contributed by atoms with Crippen LogP contribution in [0.5, 0.6) is 5.75 Å². The second-order valence-corrected chi connectivity index (χ2v) is 9.54. The summed E-state index contributed by atoms with van der Waals surface area (Å²) in [6, 6.07) is 5.22. The van der Waals surface area contributed by atoms with Gasteiger partial charge in [-0.25, -0.2) is 8.42 Å². The van der Waals surface area contributed by atoms with E-state index in [1.165, 1.54) is 10.4 Å². The first-order valence-corrected chi connectivity index (χ1v) is 10.8. The van der Waals surface area contributed by atoms with Gasteiger partial charge in [0.25, 0.3) is 0 Å². The molecule has 134 valence electrons. The number of nitrogens with zero attached hydrogens (tertiary/aromatic N) is 1. The topological polar surface area (TPSA) is 66.8 Å². The summed E-state index contributed by atoms with van der Waals surface area (Å²) in [7, 11) is -3.74. The van der Waals surface area contributed by atoms with Crippen LogP contribution in [0.3, 0.4) is 0 Å². The maximum absolute atomic E-state index is 13.2. The van der Waals surface area contributed by atoms with Gasteiger partial charge in [-0.2, -0.15) is 15.6 Å². The predicted molar refractivity (Wildman–Crippen MR) is 97.0 cm³/mol. The molecule has 8 heteroatoms. The Bertz CT molecular complexity index is 882. The third kappa shape index (κ3) is 2.98. The zero-order valence-corrected chi connectivity index (χ0v) is 15.8. The van der Waals surface area contributed by atoms with Gasteiger partial charge in [0.2, 0.25) is 10.0 Å². The van der Waals surface area contributed by atoms with Gasteiger partial charge < -0.3 is 9.84 Å². The third-order valence-corrected chi connectivity index (χ3v) is 7.70. The number of aliphatic hydroxyl groups is 1. The molecule has 1 aromatic carbocycles. The highest BCUT2D eigenvalue weighted by molar-refractivity contribution is 7.89. The van der Waals surface area contributed by atoms with Crippen LogP contribution in [-0.4, -0.2) is 44.1 Å². The zero-order chi connectivity index (χ0) is 17.6. The molecule has 4 rings (SSSR count). The number of fused-ring (bicyclic) bond motifs is 1. The molecule has 0 amide bonds. The van der Waals surface area contributed by atoms with Gasteiger partial charge in [0.1, 0.15) is 10.6 Å². The van der Waals surface area contributed by atoms with Gasteiger partial charge in [0.05, 0.1) is 6.61 Å². The fraction of sp³-hybridized carbons (Fsp3) is 0.412. The van der Waals surface area contributed by atoms with Gasteiger partial charge >= 0.3 is 0 Å². The lowest BCUT2D eigenvalue weighted by atomic mass is 9.92. The zero-order valence-electron chi connectivity index (χ0n) is 13.4. The predicted octanol–water partition coefficient (Wildman–Crippen LogP) is 2.73. The normalized spacial score (nSPS) is 23.6. The number of rotatable bonds is 4. The third-order valence-electron chi connectivity index (χ3n) is 4.95. The van der Waals surface area contributed by atoms with Gasteiger partial charge in [0, 0.05) is 48.5 Å². The maximum Gasteiger partial charge on any atom is 0.246 e.